The first-order chi connectivity index (χ1) is 8.29. The van der Waals surface area contributed by atoms with Gasteiger partial charge in [-0.1, -0.05) is 12.1 Å². The van der Waals surface area contributed by atoms with Crippen LogP contribution in [0.15, 0.2) is 24.3 Å². The molecule has 2 rings (SSSR count). The molecule has 1 aliphatic rings. The monoisotopic (exact) mass is 235 g/mol. The maximum Gasteiger partial charge on any atom is 0.115 e. The average molecular weight is 235 g/mol. The Labute approximate surface area is 103 Å². The number of likely N-dealkylation sites (N-methyl/N-ethyl adjacent to an activating group) is 1. The standard InChI is InChI=1S/C14H21NO2/c1-15-14(12-3-2-8-17-10-12)9-11-4-6-13(16)7-5-11/h4-7,12,14-16H,2-3,8-10H2,1H3. The van der Waals surface area contributed by atoms with Crippen molar-refractivity contribution in [2.75, 3.05) is 20.3 Å². The lowest BCUT2D eigenvalue weighted by atomic mass is 9.89. The third-order valence-corrected chi connectivity index (χ3v) is 3.53. The lowest BCUT2D eigenvalue weighted by molar-refractivity contribution is 0.0405. The minimum atomic E-state index is 0.329. The Balaban J connectivity index is 1.96. The van der Waals surface area contributed by atoms with E-state index in [1.165, 1.54) is 18.4 Å². The molecule has 1 aliphatic heterocycles. The van der Waals surface area contributed by atoms with Crippen LogP contribution >= 0.6 is 0 Å². The van der Waals surface area contributed by atoms with Gasteiger partial charge in [0.05, 0.1) is 6.61 Å². The molecule has 94 valence electrons. The van der Waals surface area contributed by atoms with E-state index in [1.807, 2.05) is 19.2 Å². The highest BCUT2D eigenvalue weighted by Crippen LogP contribution is 2.21. The molecule has 0 amide bonds. The Morgan fingerprint density at radius 1 is 1.41 bits per heavy atom. The van der Waals surface area contributed by atoms with E-state index in [2.05, 4.69) is 5.32 Å². The molecule has 2 atom stereocenters. The van der Waals surface area contributed by atoms with Crippen molar-refractivity contribution in [2.24, 2.45) is 5.92 Å². The summed E-state index contributed by atoms with van der Waals surface area (Å²) in [5.41, 5.74) is 1.26. The molecule has 17 heavy (non-hydrogen) atoms. The number of phenols is 1. The maximum atomic E-state index is 9.26. The molecule has 1 heterocycles. The van der Waals surface area contributed by atoms with Gasteiger partial charge in [0, 0.05) is 12.6 Å². The fraction of sp³-hybridized carbons (Fsp3) is 0.571. The summed E-state index contributed by atoms with van der Waals surface area (Å²) in [5.74, 6) is 0.929. The fourth-order valence-electron chi connectivity index (χ4n) is 2.47. The summed E-state index contributed by atoms with van der Waals surface area (Å²) >= 11 is 0. The number of ether oxygens (including phenoxy) is 1. The largest absolute Gasteiger partial charge is 0.508 e. The normalized spacial score (nSPS) is 22.3. The van der Waals surface area contributed by atoms with Crippen LogP contribution in [-0.2, 0) is 11.2 Å². The Morgan fingerprint density at radius 2 is 2.18 bits per heavy atom. The molecule has 0 aliphatic carbocycles. The van der Waals surface area contributed by atoms with Gasteiger partial charge in [0.2, 0.25) is 0 Å². The molecule has 0 aromatic heterocycles. The van der Waals surface area contributed by atoms with Crippen LogP contribution in [0.3, 0.4) is 0 Å². The molecular formula is C14H21NO2. The van der Waals surface area contributed by atoms with Crippen molar-refractivity contribution in [1.29, 1.82) is 0 Å². The number of benzene rings is 1. The summed E-state index contributed by atoms with van der Waals surface area (Å²) in [7, 11) is 2.01. The van der Waals surface area contributed by atoms with Crippen LogP contribution in [-0.4, -0.2) is 31.4 Å². The van der Waals surface area contributed by atoms with E-state index in [1.54, 1.807) is 12.1 Å². The van der Waals surface area contributed by atoms with Crippen LogP contribution in [0.4, 0.5) is 0 Å². The fourth-order valence-corrected chi connectivity index (χ4v) is 2.47. The molecule has 3 heteroatoms. The predicted octanol–water partition coefficient (Wildman–Crippen LogP) is 1.95. The number of rotatable bonds is 4. The SMILES string of the molecule is CNC(Cc1ccc(O)cc1)C1CCCOC1. The minimum absolute atomic E-state index is 0.329. The van der Waals surface area contributed by atoms with Crippen LogP contribution in [0.2, 0.25) is 0 Å². The van der Waals surface area contributed by atoms with Gasteiger partial charge < -0.3 is 15.2 Å². The Hall–Kier alpha value is -1.06. The minimum Gasteiger partial charge on any atom is -0.508 e. The zero-order valence-corrected chi connectivity index (χ0v) is 10.4. The van der Waals surface area contributed by atoms with Crippen LogP contribution in [0.25, 0.3) is 0 Å². The lowest BCUT2D eigenvalue weighted by Gasteiger charge is -2.30. The van der Waals surface area contributed by atoms with E-state index in [0.29, 0.717) is 17.7 Å². The zero-order chi connectivity index (χ0) is 12.1. The molecule has 1 fully saturated rings. The molecule has 1 aromatic rings. The smallest absolute Gasteiger partial charge is 0.115 e. The van der Waals surface area contributed by atoms with Crippen molar-refractivity contribution >= 4 is 0 Å². The van der Waals surface area contributed by atoms with Crippen molar-refractivity contribution in [3.63, 3.8) is 0 Å². The van der Waals surface area contributed by atoms with Crippen LogP contribution in [0.1, 0.15) is 18.4 Å². The highest BCUT2D eigenvalue weighted by atomic mass is 16.5. The number of hydrogen-bond acceptors (Lipinski definition) is 3. The number of aromatic hydroxyl groups is 1. The van der Waals surface area contributed by atoms with E-state index >= 15 is 0 Å². The second-order valence-electron chi connectivity index (χ2n) is 4.74. The van der Waals surface area contributed by atoms with Crippen LogP contribution in [0, 0.1) is 5.92 Å². The van der Waals surface area contributed by atoms with Crippen LogP contribution in [0.5, 0.6) is 5.75 Å². The molecule has 2 unspecified atom stereocenters. The van der Waals surface area contributed by atoms with Crippen molar-refractivity contribution in [3.05, 3.63) is 29.8 Å². The first kappa shape index (κ1) is 12.4. The van der Waals surface area contributed by atoms with Crippen molar-refractivity contribution in [1.82, 2.24) is 5.32 Å². The third kappa shape index (κ3) is 3.45. The summed E-state index contributed by atoms with van der Waals surface area (Å²) in [4.78, 5) is 0. The number of hydrogen-bond donors (Lipinski definition) is 2. The van der Waals surface area contributed by atoms with E-state index in [-0.39, 0.29) is 0 Å². The van der Waals surface area contributed by atoms with E-state index < -0.39 is 0 Å². The van der Waals surface area contributed by atoms with Crippen molar-refractivity contribution in [2.45, 2.75) is 25.3 Å². The molecular weight excluding hydrogens is 214 g/mol. The summed E-state index contributed by atoms with van der Waals surface area (Å²) in [6.07, 6.45) is 3.40. The van der Waals surface area contributed by atoms with Gasteiger partial charge in [-0.15, -0.1) is 0 Å². The molecule has 0 saturated carbocycles. The van der Waals surface area contributed by atoms with E-state index in [4.69, 9.17) is 4.74 Å². The first-order valence-electron chi connectivity index (χ1n) is 6.32. The number of nitrogens with one attached hydrogen (secondary N) is 1. The molecule has 3 nitrogen and oxygen atoms in total. The second kappa shape index (κ2) is 6.03. The first-order valence-corrected chi connectivity index (χ1v) is 6.32. The summed E-state index contributed by atoms with van der Waals surface area (Å²) < 4.78 is 5.54. The quantitative estimate of drug-likeness (QED) is 0.838. The van der Waals surface area contributed by atoms with Gasteiger partial charge in [-0.05, 0) is 49.9 Å². The van der Waals surface area contributed by atoms with Gasteiger partial charge in [0.25, 0.3) is 0 Å². The van der Waals surface area contributed by atoms with Crippen molar-refractivity contribution in [3.8, 4) is 5.75 Å². The molecule has 0 bridgehead atoms. The zero-order valence-electron chi connectivity index (χ0n) is 10.4. The second-order valence-corrected chi connectivity index (χ2v) is 4.74. The van der Waals surface area contributed by atoms with Crippen molar-refractivity contribution < 1.29 is 9.84 Å². The highest BCUT2D eigenvalue weighted by Gasteiger charge is 2.22. The highest BCUT2D eigenvalue weighted by molar-refractivity contribution is 5.26. The third-order valence-electron chi connectivity index (χ3n) is 3.53. The predicted molar refractivity (Wildman–Crippen MR) is 68.2 cm³/mol. The lowest BCUT2D eigenvalue weighted by Crippen LogP contribution is -2.39. The number of phenolic OH excluding ortho intramolecular Hbond substituents is 1. The molecule has 1 aromatic carbocycles. The Morgan fingerprint density at radius 3 is 2.76 bits per heavy atom. The maximum absolute atomic E-state index is 9.26. The summed E-state index contributed by atoms with van der Waals surface area (Å²) in [5, 5.41) is 12.7. The van der Waals surface area contributed by atoms with Gasteiger partial charge >= 0.3 is 0 Å². The van der Waals surface area contributed by atoms with Gasteiger partial charge in [0.15, 0.2) is 0 Å². The van der Waals surface area contributed by atoms with Gasteiger partial charge in [-0.25, -0.2) is 0 Å². The topological polar surface area (TPSA) is 41.5 Å². The van der Waals surface area contributed by atoms with Gasteiger partial charge in [-0.3, -0.25) is 0 Å². The summed E-state index contributed by atoms with van der Waals surface area (Å²) in [6, 6.07) is 7.94. The Kier molecular flexibility index (Phi) is 4.40. The summed E-state index contributed by atoms with van der Waals surface area (Å²) in [6.45, 7) is 1.77. The van der Waals surface area contributed by atoms with Gasteiger partial charge in [-0.2, -0.15) is 0 Å². The molecule has 0 radical (unpaired) electrons. The van der Waals surface area contributed by atoms with E-state index in [0.717, 1.165) is 19.6 Å². The molecule has 2 N–H and O–H groups in total. The van der Waals surface area contributed by atoms with E-state index in [9.17, 15) is 5.11 Å². The van der Waals surface area contributed by atoms with Gasteiger partial charge in [0.1, 0.15) is 5.75 Å². The van der Waals surface area contributed by atoms with Crippen LogP contribution < -0.4 is 5.32 Å². The molecule has 1 saturated heterocycles. The average Bonchev–Trinajstić information content (AvgIpc) is 2.39. The molecule has 0 spiro atoms. The Bertz CT molecular complexity index is 331.